The predicted octanol–water partition coefficient (Wildman–Crippen LogP) is 5.43. The third kappa shape index (κ3) is 4.30. The van der Waals surface area contributed by atoms with E-state index in [1.807, 2.05) is 6.92 Å². The Morgan fingerprint density at radius 2 is 1.65 bits per heavy atom. The van der Waals surface area contributed by atoms with E-state index >= 15 is 0 Å². The lowest BCUT2D eigenvalue weighted by Gasteiger charge is -2.19. The van der Waals surface area contributed by atoms with Gasteiger partial charge < -0.3 is 5.32 Å². The molecule has 1 N–H and O–H groups in total. The normalized spacial score (nSPS) is 11.5. The number of nitrogens with zero attached hydrogens (tertiary/aromatic N) is 1. The van der Waals surface area contributed by atoms with Gasteiger partial charge in [0, 0.05) is 17.4 Å². The summed E-state index contributed by atoms with van der Waals surface area (Å²) in [6.07, 6.45) is 0. The highest BCUT2D eigenvalue weighted by atomic mass is 32.2. The lowest BCUT2D eigenvalue weighted by atomic mass is 10.2. The molecule has 31 heavy (non-hydrogen) atoms. The molecule has 8 heteroatoms. The Morgan fingerprint density at radius 3 is 2.32 bits per heavy atom. The second-order valence-electron chi connectivity index (χ2n) is 7.08. The third-order valence-electron chi connectivity index (χ3n) is 4.87. The van der Waals surface area contributed by atoms with Crippen LogP contribution in [-0.2, 0) is 10.0 Å². The van der Waals surface area contributed by atoms with Crippen LogP contribution in [0.25, 0.3) is 10.1 Å². The third-order valence-corrected chi connectivity index (χ3v) is 7.78. The molecule has 0 aliphatic heterocycles. The SMILES string of the molecule is Cc1ccc(S(=O)(=O)N(C)c2ccc3sc(C(=O)Nc4ccc(F)cc4)cc3c2)cc1. The molecule has 4 aromatic rings. The number of carbonyl (C=O) groups excluding carboxylic acids is 1. The van der Waals surface area contributed by atoms with Crippen LogP contribution in [0.5, 0.6) is 0 Å². The molecule has 1 amide bonds. The zero-order chi connectivity index (χ0) is 22.2. The van der Waals surface area contributed by atoms with Crippen LogP contribution in [-0.4, -0.2) is 21.4 Å². The first-order chi connectivity index (χ1) is 14.7. The number of nitrogens with one attached hydrogen (secondary N) is 1. The van der Waals surface area contributed by atoms with Crippen LogP contribution < -0.4 is 9.62 Å². The van der Waals surface area contributed by atoms with Gasteiger partial charge in [-0.15, -0.1) is 11.3 Å². The Morgan fingerprint density at radius 1 is 0.968 bits per heavy atom. The summed E-state index contributed by atoms with van der Waals surface area (Å²) in [5, 5.41) is 3.49. The molecule has 1 aromatic heterocycles. The van der Waals surface area contributed by atoms with Gasteiger partial charge in [-0.05, 0) is 73.0 Å². The molecule has 0 saturated carbocycles. The molecule has 0 fully saturated rings. The topological polar surface area (TPSA) is 66.5 Å². The Bertz CT molecular complexity index is 1360. The monoisotopic (exact) mass is 454 g/mol. The van der Waals surface area contributed by atoms with Crippen molar-refractivity contribution >= 4 is 48.7 Å². The molecule has 0 bridgehead atoms. The molecule has 0 radical (unpaired) electrons. The summed E-state index contributed by atoms with van der Waals surface area (Å²) in [5.41, 5.74) is 1.97. The van der Waals surface area contributed by atoms with Crippen molar-refractivity contribution < 1.29 is 17.6 Å². The Labute approximate surface area is 183 Å². The first-order valence-corrected chi connectivity index (χ1v) is 11.7. The number of hydrogen-bond donors (Lipinski definition) is 1. The maximum atomic E-state index is 13.0. The van der Waals surface area contributed by atoms with Gasteiger partial charge >= 0.3 is 0 Å². The zero-order valence-electron chi connectivity index (χ0n) is 16.8. The highest BCUT2D eigenvalue weighted by Crippen LogP contribution is 2.31. The number of fused-ring (bicyclic) bond motifs is 1. The van der Waals surface area contributed by atoms with Crippen molar-refractivity contribution in [3.8, 4) is 0 Å². The van der Waals surface area contributed by atoms with Gasteiger partial charge in [0.05, 0.1) is 15.5 Å². The largest absolute Gasteiger partial charge is 0.321 e. The van der Waals surface area contributed by atoms with E-state index in [1.165, 1.54) is 47.0 Å². The summed E-state index contributed by atoms with van der Waals surface area (Å²) >= 11 is 1.30. The number of rotatable bonds is 5. The van der Waals surface area contributed by atoms with Gasteiger partial charge in [0.2, 0.25) is 0 Å². The van der Waals surface area contributed by atoms with E-state index in [0.717, 1.165) is 15.6 Å². The molecule has 0 aliphatic carbocycles. The Hall–Kier alpha value is -3.23. The number of sulfonamides is 1. The molecule has 0 saturated heterocycles. The second kappa shape index (κ2) is 8.13. The summed E-state index contributed by atoms with van der Waals surface area (Å²) in [5.74, 6) is -0.688. The first kappa shape index (κ1) is 21.0. The minimum Gasteiger partial charge on any atom is -0.321 e. The summed E-state index contributed by atoms with van der Waals surface area (Å²) in [6.45, 7) is 1.90. The van der Waals surface area contributed by atoms with Crippen LogP contribution in [0, 0.1) is 12.7 Å². The Kier molecular flexibility index (Phi) is 5.51. The van der Waals surface area contributed by atoms with Crippen LogP contribution in [0.15, 0.2) is 77.7 Å². The van der Waals surface area contributed by atoms with Crippen molar-refractivity contribution in [1.82, 2.24) is 0 Å². The molecule has 3 aromatic carbocycles. The van der Waals surface area contributed by atoms with Crippen molar-refractivity contribution in [2.75, 3.05) is 16.7 Å². The van der Waals surface area contributed by atoms with Crippen molar-refractivity contribution in [2.45, 2.75) is 11.8 Å². The molecular weight excluding hydrogens is 435 g/mol. The van der Waals surface area contributed by atoms with E-state index in [1.54, 1.807) is 48.5 Å². The van der Waals surface area contributed by atoms with E-state index < -0.39 is 10.0 Å². The number of benzene rings is 3. The quantitative estimate of drug-likeness (QED) is 0.438. The molecule has 1 heterocycles. The minimum atomic E-state index is -3.70. The maximum Gasteiger partial charge on any atom is 0.265 e. The van der Waals surface area contributed by atoms with Gasteiger partial charge in [-0.25, -0.2) is 12.8 Å². The van der Waals surface area contributed by atoms with E-state index in [-0.39, 0.29) is 16.6 Å². The number of amides is 1. The van der Waals surface area contributed by atoms with Crippen molar-refractivity contribution in [1.29, 1.82) is 0 Å². The fraction of sp³-hybridized carbons (Fsp3) is 0.0870. The first-order valence-electron chi connectivity index (χ1n) is 9.40. The van der Waals surface area contributed by atoms with E-state index in [0.29, 0.717) is 16.3 Å². The van der Waals surface area contributed by atoms with Gasteiger partial charge in [-0.1, -0.05) is 17.7 Å². The summed E-state index contributed by atoms with van der Waals surface area (Å²) < 4.78 is 41.0. The molecule has 158 valence electrons. The van der Waals surface area contributed by atoms with Crippen LogP contribution in [0.4, 0.5) is 15.8 Å². The molecular formula is C23H19FN2O3S2. The van der Waals surface area contributed by atoms with Crippen LogP contribution in [0.3, 0.4) is 0 Å². The number of carbonyl (C=O) groups is 1. The number of thiophene rings is 1. The molecule has 0 spiro atoms. The van der Waals surface area contributed by atoms with Crippen molar-refractivity contribution in [3.63, 3.8) is 0 Å². The van der Waals surface area contributed by atoms with E-state index in [9.17, 15) is 17.6 Å². The molecule has 4 rings (SSSR count). The molecule has 0 atom stereocenters. The Balaban J connectivity index is 1.60. The summed E-state index contributed by atoms with van der Waals surface area (Å²) in [6, 6.07) is 19.2. The van der Waals surface area contributed by atoms with E-state index in [2.05, 4.69) is 5.32 Å². The fourth-order valence-corrected chi connectivity index (χ4v) is 5.20. The smallest absolute Gasteiger partial charge is 0.265 e. The van der Waals surface area contributed by atoms with Crippen LogP contribution in [0.2, 0.25) is 0 Å². The van der Waals surface area contributed by atoms with E-state index in [4.69, 9.17) is 0 Å². The molecule has 0 unspecified atom stereocenters. The van der Waals surface area contributed by atoms with Gasteiger partial charge in [0.15, 0.2) is 0 Å². The van der Waals surface area contributed by atoms with Gasteiger partial charge in [-0.3, -0.25) is 9.10 Å². The van der Waals surface area contributed by atoms with Gasteiger partial charge in [0.25, 0.3) is 15.9 Å². The standard InChI is InChI=1S/C23H19FN2O3S2/c1-15-3-10-20(11-4-15)31(28,29)26(2)19-9-12-21-16(13-19)14-22(30-21)23(27)25-18-7-5-17(24)6-8-18/h3-14H,1-2H3,(H,25,27). The lowest BCUT2D eigenvalue weighted by molar-refractivity contribution is 0.103. The van der Waals surface area contributed by atoms with Crippen LogP contribution in [0.1, 0.15) is 15.2 Å². The zero-order valence-corrected chi connectivity index (χ0v) is 18.4. The van der Waals surface area contributed by atoms with Crippen molar-refractivity contribution in [3.05, 3.63) is 89.1 Å². The molecule has 5 nitrogen and oxygen atoms in total. The fourth-order valence-electron chi connectivity index (χ4n) is 3.07. The van der Waals surface area contributed by atoms with Gasteiger partial charge in [-0.2, -0.15) is 0 Å². The average molecular weight is 455 g/mol. The number of hydrogen-bond acceptors (Lipinski definition) is 4. The number of aryl methyl sites for hydroxylation is 1. The van der Waals surface area contributed by atoms with Crippen LogP contribution >= 0.6 is 11.3 Å². The highest BCUT2D eigenvalue weighted by Gasteiger charge is 2.22. The number of halogens is 1. The maximum absolute atomic E-state index is 13.0. The second-order valence-corrected chi connectivity index (χ2v) is 10.1. The predicted molar refractivity (Wildman–Crippen MR) is 123 cm³/mol. The average Bonchev–Trinajstić information content (AvgIpc) is 3.18. The lowest BCUT2D eigenvalue weighted by Crippen LogP contribution is -2.26. The number of anilines is 2. The molecule has 0 aliphatic rings. The van der Waals surface area contributed by atoms with Crippen molar-refractivity contribution in [2.24, 2.45) is 0 Å². The summed E-state index contributed by atoms with van der Waals surface area (Å²) in [4.78, 5) is 13.2. The summed E-state index contributed by atoms with van der Waals surface area (Å²) in [7, 11) is -2.20. The minimum absolute atomic E-state index is 0.213. The highest BCUT2D eigenvalue weighted by molar-refractivity contribution is 7.92. The van der Waals surface area contributed by atoms with Gasteiger partial charge in [0.1, 0.15) is 5.82 Å².